The van der Waals surface area contributed by atoms with Gasteiger partial charge in [0.2, 0.25) is 0 Å². The average molecular weight is 345 g/mol. The third-order valence-corrected chi connectivity index (χ3v) is 4.39. The number of aliphatic hydroxyl groups excluding tert-OH is 1. The molecule has 1 aliphatic rings. The molecule has 0 amide bonds. The third kappa shape index (κ3) is 3.66. The predicted molar refractivity (Wildman–Crippen MR) is 78.9 cm³/mol. The SMILES string of the molecule is CC(NCC1CCCC1O)c1ccc(I)cc1. The Bertz CT molecular complexity index is 352. The maximum atomic E-state index is 9.77. The van der Waals surface area contributed by atoms with E-state index in [1.54, 1.807) is 0 Å². The van der Waals surface area contributed by atoms with Crippen LogP contribution in [-0.2, 0) is 0 Å². The summed E-state index contributed by atoms with van der Waals surface area (Å²) >= 11 is 2.32. The summed E-state index contributed by atoms with van der Waals surface area (Å²) in [6.45, 7) is 3.11. The average Bonchev–Trinajstić information content (AvgIpc) is 2.73. The number of hydrogen-bond donors (Lipinski definition) is 2. The van der Waals surface area contributed by atoms with Crippen LogP contribution in [0.2, 0.25) is 0 Å². The number of rotatable bonds is 4. The third-order valence-electron chi connectivity index (χ3n) is 3.68. The van der Waals surface area contributed by atoms with Gasteiger partial charge in [0.25, 0.3) is 0 Å². The zero-order chi connectivity index (χ0) is 12.3. The molecule has 0 bridgehead atoms. The van der Waals surface area contributed by atoms with E-state index in [1.807, 2.05) is 0 Å². The molecule has 2 N–H and O–H groups in total. The van der Waals surface area contributed by atoms with Gasteiger partial charge in [-0.25, -0.2) is 0 Å². The van der Waals surface area contributed by atoms with E-state index in [0.29, 0.717) is 12.0 Å². The highest BCUT2D eigenvalue weighted by Crippen LogP contribution is 2.25. The molecule has 0 aliphatic heterocycles. The molecule has 1 saturated carbocycles. The Morgan fingerprint density at radius 3 is 2.65 bits per heavy atom. The Morgan fingerprint density at radius 2 is 2.06 bits per heavy atom. The Labute approximate surface area is 117 Å². The first-order valence-electron chi connectivity index (χ1n) is 6.33. The van der Waals surface area contributed by atoms with Crippen LogP contribution in [0.25, 0.3) is 0 Å². The summed E-state index contributed by atoms with van der Waals surface area (Å²) in [7, 11) is 0. The summed E-state index contributed by atoms with van der Waals surface area (Å²) in [6.07, 6.45) is 3.22. The van der Waals surface area contributed by atoms with E-state index < -0.39 is 0 Å². The minimum absolute atomic E-state index is 0.0913. The first-order valence-corrected chi connectivity index (χ1v) is 7.41. The van der Waals surface area contributed by atoms with Gasteiger partial charge in [-0.05, 0) is 66.0 Å². The number of halogens is 1. The summed E-state index contributed by atoms with van der Waals surface area (Å²) < 4.78 is 1.27. The van der Waals surface area contributed by atoms with Crippen molar-refractivity contribution in [2.45, 2.75) is 38.3 Å². The maximum absolute atomic E-state index is 9.77. The van der Waals surface area contributed by atoms with Gasteiger partial charge in [-0.15, -0.1) is 0 Å². The van der Waals surface area contributed by atoms with Crippen molar-refractivity contribution in [1.29, 1.82) is 0 Å². The van der Waals surface area contributed by atoms with E-state index in [-0.39, 0.29) is 6.10 Å². The van der Waals surface area contributed by atoms with E-state index in [4.69, 9.17) is 0 Å². The highest BCUT2D eigenvalue weighted by Gasteiger charge is 2.25. The highest BCUT2D eigenvalue weighted by molar-refractivity contribution is 14.1. The van der Waals surface area contributed by atoms with Crippen molar-refractivity contribution in [3.8, 4) is 0 Å². The number of benzene rings is 1. The van der Waals surface area contributed by atoms with Crippen LogP contribution in [0.5, 0.6) is 0 Å². The molecular formula is C14H20INO. The number of nitrogens with one attached hydrogen (secondary N) is 1. The predicted octanol–water partition coefficient (Wildman–Crippen LogP) is 3.10. The molecule has 0 spiro atoms. The molecule has 0 heterocycles. The molecule has 0 saturated heterocycles. The topological polar surface area (TPSA) is 32.3 Å². The van der Waals surface area contributed by atoms with Crippen molar-refractivity contribution in [2.75, 3.05) is 6.54 Å². The summed E-state index contributed by atoms with van der Waals surface area (Å²) in [4.78, 5) is 0. The molecule has 3 atom stereocenters. The van der Waals surface area contributed by atoms with Crippen LogP contribution >= 0.6 is 22.6 Å². The Kier molecular flexibility index (Phi) is 4.82. The van der Waals surface area contributed by atoms with Crippen molar-refractivity contribution in [3.05, 3.63) is 33.4 Å². The standard InChI is InChI=1S/C14H20INO/c1-10(11-5-7-13(15)8-6-11)16-9-12-3-2-4-14(12)17/h5-8,10,12,14,16-17H,2-4,9H2,1H3. The van der Waals surface area contributed by atoms with Gasteiger partial charge in [-0.2, -0.15) is 0 Å². The molecule has 1 aromatic rings. The van der Waals surface area contributed by atoms with Crippen LogP contribution in [0, 0.1) is 9.49 Å². The fourth-order valence-electron chi connectivity index (χ4n) is 2.45. The van der Waals surface area contributed by atoms with Gasteiger partial charge in [-0.1, -0.05) is 18.6 Å². The second-order valence-corrected chi connectivity index (χ2v) is 6.19. The largest absolute Gasteiger partial charge is 0.393 e. The molecule has 94 valence electrons. The molecule has 0 aromatic heterocycles. The van der Waals surface area contributed by atoms with Crippen LogP contribution in [0.3, 0.4) is 0 Å². The fourth-order valence-corrected chi connectivity index (χ4v) is 2.81. The van der Waals surface area contributed by atoms with Crippen LogP contribution in [0.1, 0.15) is 37.8 Å². The first kappa shape index (κ1) is 13.3. The van der Waals surface area contributed by atoms with Crippen LogP contribution < -0.4 is 5.32 Å². The lowest BCUT2D eigenvalue weighted by atomic mass is 10.0. The molecule has 17 heavy (non-hydrogen) atoms. The Balaban J connectivity index is 1.84. The van der Waals surface area contributed by atoms with Gasteiger partial charge >= 0.3 is 0 Å². The van der Waals surface area contributed by atoms with Crippen LogP contribution in [0.4, 0.5) is 0 Å². The molecule has 1 aromatic carbocycles. The monoisotopic (exact) mass is 345 g/mol. The van der Waals surface area contributed by atoms with E-state index in [2.05, 4.69) is 59.1 Å². The van der Waals surface area contributed by atoms with Crippen molar-refractivity contribution in [2.24, 2.45) is 5.92 Å². The number of aliphatic hydroxyl groups is 1. The zero-order valence-electron chi connectivity index (χ0n) is 10.2. The Hall–Kier alpha value is -0.130. The van der Waals surface area contributed by atoms with E-state index >= 15 is 0 Å². The smallest absolute Gasteiger partial charge is 0.0580 e. The van der Waals surface area contributed by atoms with Crippen LogP contribution in [0.15, 0.2) is 24.3 Å². The summed E-state index contributed by atoms with van der Waals surface area (Å²) in [5.74, 6) is 0.446. The van der Waals surface area contributed by atoms with E-state index in [0.717, 1.165) is 19.4 Å². The quantitative estimate of drug-likeness (QED) is 0.822. The molecule has 2 nitrogen and oxygen atoms in total. The minimum Gasteiger partial charge on any atom is -0.393 e. The van der Waals surface area contributed by atoms with Crippen molar-refractivity contribution in [1.82, 2.24) is 5.32 Å². The molecule has 1 aliphatic carbocycles. The lowest BCUT2D eigenvalue weighted by Gasteiger charge is -2.19. The second kappa shape index (κ2) is 6.16. The highest BCUT2D eigenvalue weighted by atomic mass is 127. The zero-order valence-corrected chi connectivity index (χ0v) is 12.4. The van der Waals surface area contributed by atoms with Gasteiger partial charge in [0.05, 0.1) is 6.10 Å². The van der Waals surface area contributed by atoms with Crippen molar-refractivity contribution in [3.63, 3.8) is 0 Å². The summed E-state index contributed by atoms with van der Waals surface area (Å²) in [5.41, 5.74) is 1.32. The maximum Gasteiger partial charge on any atom is 0.0580 e. The lowest BCUT2D eigenvalue weighted by Crippen LogP contribution is -2.29. The van der Waals surface area contributed by atoms with Gasteiger partial charge in [0.1, 0.15) is 0 Å². The van der Waals surface area contributed by atoms with Crippen LogP contribution in [-0.4, -0.2) is 17.8 Å². The second-order valence-electron chi connectivity index (χ2n) is 4.94. The van der Waals surface area contributed by atoms with E-state index in [9.17, 15) is 5.11 Å². The van der Waals surface area contributed by atoms with Gasteiger partial charge in [0, 0.05) is 16.2 Å². The molecule has 2 rings (SSSR count). The lowest BCUT2D eigenvalue weighted by molar-refractivity contribution is 0.130. The normalized spacial score (nSPS) is 26.1. The van der Waals surface area contributed by atoms with Crippen molar-refractivity contribution >= 4 is 22.6 Å². The van der Waals surface area contributed by atoms with E-state index in [1.165, 1.54) is 15.6 Å². The Morgan fingerprint density at radius 1 is 1.35 bits per heavy atom. The molecule has 1 fully saturated rings. The first-order chi connectivity index (χ1) is 8.16. The molecule has 3 heteroatoms. The van der Waals surface area contributed by atoms with Crippen molar-refractivity contribution < 1.29 is 5.11 Å². The number of hydrogen-bond acceptors (Lipinski definition) is 2. The van der Waals surface area contributed by atoms with Gasteiger partial charge in [-0.3, -0.25) is 0 Å². The fraction of sp³-hybridized carbons (Fsp3) is 0.571. The van der Waals surface area contributed by atoms with Gasteiger partial charge in [0.15, 0.2) is 0 Å². The van der Waals surface area contributed by atoms with Gasteiger partial charge < -0.3 is 10.4 Å². The summed E-state index contributed by atoms with van der Waals surface area (Å²) in [5, 5.41) is 13.3. The molecule has 3 unspecified atom stereocenters. The minimum atomic E-state index is -0.0913. The molecule has 0 radical (unpaired) electrons. The molecular weight excluding hydrogens is 325 g/mol. The summed E-state index contributed by atoms with van der Waals surface area (Å²) in [6, 6.07) is 8.98.